The van der Waals surface area contributed by atoms with Crippen LogP contribution in [-0.2, 0) is 19.1 Å². The fourth-order valence-corrected chi connectivity index (χ4v) is 4.11. The Labute approximate surface area is 181 Å². The molecule has 0 aliphatic carbocycles. The summed E-state index contributed by atoms with van der Waals surface area (Å²) in [6.07, 6.45) is 1.54. The molecule has 0 bridgehead atoms. The second kappa shape index (κ2) is 10.3. The minimum Gasteiger partial charge on any atom is -0.456 e. The van der Waals surface area contributed by atoms with Gasteiger partial charge in [0.1, 0.15) is 0 Å². The van der Waals surface area contributed by atoms with Crippen molar-refractivity contribution in [1.29, 1.82) is 0 Å². The number of hydrogen-bond acceptors (Lipinski definition) is 5. The lowest BCUT2D eigenvalue weighted by Gasteiger charge is -2.19. The molecule has 1 aliphatic rings. The zero-order valence-corrected chi connectivity index (χ0v) is 18.1. The molecule has 0 saturated carbocycles. The molecule has 1 aliphatic heterocycles. The van der Waals surface area contributed by atoms with Crippen LogP contribution in [0.1, 0.15) is 30.4 Å². The van der Waals surface area contributed by atoms with Gasteiger partial charge in [0.25, 0.3) is 5.91 Å². The van der Waals surface area contributed by atoms with Crippen molar-refractivity contribution in [3.8, 4) is 0 Å². The van der Waals surface area contributed by atoms with Gasteiger partial charge in [0, 0.05) is 23.6 Å². The number of esters is 1. The third-order valence-electron chi connectivity index (χ3n) is 4.96. The lowest BCUT2D eigenvalue weighted by molar-refractivity contribution is -0.146. The number of hydrogen-bond donors (Lipinski definition) is 1. The van der Waals surface area contributed by atoms with Gasteiger partial charge in [0.05, 0.1) is 17.8 Å². The molecule has 1 N–H and O–H groups in total. The van der Waals surface area contributed by atoms with E-state index >= 15 is 0 Å². The summed E-state index contributed by atoms with van der Waals surface area (Å²) in [5.41, 5.74) is 3.67. The molecule has 0 aromatic heterocycles. The summed E-state index contributed by atoms with van der Waals surface area (Å²) in [4.78, 5) is 39.0. The van der Waals surface area contributed by atoms with E-state index in [9.17, 15) is 14.4 Å². The molecule has 0 unspecified atom stereocenters. The molecule has 3 rings (SSSR count). The predicted molar refractivity (Wildman–Crippen MR) is 119 cm³/mol. The van der Waals surface area contributed by atoms with E-state index in [1.54, 1.807) is 34.9 Å². The maximum Gasteiger partial charge on any atom is 0.307 e. The largest absolute Gasteiger partial charge is 0.456 e. The summed E-state index contributed by atoms with van der Waals surface area (Å²) in [5, 5.41) is 2.74. The number of thioether (sulfide) groups is 1. The first-order valence-corrected chi connectivity index (χ1v) is 11.0. The van der Waals surface area contributed by atoms with E-state index in [0.717, 1.165) is 11.3 Å². The second-order valence-electron chi connectivity index (χ2n) is 7.22. The van der Waals surface area contributed by atoms with E-state index in [1.807, 2.05) is 12.1 Å². The zero-order chi connectivity index (χ0) is 21.5. The van der Waals surface area contributed by atoms with Crippen LogP contribution in [0.5, 0.6) is 0 Å². The van der Waals surface area contributed by atoms with Crippen LogP contribution < -0.4 is 10.2 Å². The van der Waals surface area contributed by atoms with Crippen LogP contribution in [0.25, 0.3) is 0 Å². The van der Waals surface area contributed by atoms with Gasteiger partial charge < -0.3 is 15.0 Å². The highest BCUT2D eigenvalue weighted by Gasteiger charge is 2.24. The van der Waals surface area contributed by atoms with Crippen molar-refractivity contribution in [2.45, 2.75) is 38.0 Å². The van der Waals surface area contributed by atoms with Gasteiger partial charge in [-0.15, -0.1) is 11.8 Å². The summed E-state index contributed by atoms with van der Waals surface area (Å²) in [6, 6.07) is 13.3. The SMILES string of the molecule is Cc1ccc(SCCC(=O)OCC(=O)Nc2ccccc2N2CCCC2=O)cc1C. The van der Waals surface area contributed by atoms with Crippen LogP contribution in [0.15, 0.2) is 47.4 Å². The first-order chi connectivity index (χ1) is 14.4. The van der Waals surface area contributed by atoms with Crippen LogP contribution in [0.4, 0.5) is 11.4 Å². The third-order valence-corrected chi connectivity index (χ3v) is 5.96. The van der Waals surface area contributed by atoms with Crippen molar-refractivity contribution < 1.29 is 19.1 Å². The molecular weight excluding hydrogens is 400 g/mol. The molecule has 1 fully saturated rings. The van der Waals surface area contributed by atoms with Gasteiger partial charge in [-0.05, 0) is 55.7 Å². The lowest BCUT2D eigenvalue weighted by Crippen LogP contribution is -2.27. The Morgan fingerprint density at radius 3 is 2.67 bits per heavy atom. The highest BCUT2D eigenvalue weighted by atomic mass is 32.2. The number of amides is 2. The van der Waals surface area contributed by atoms with Gasteiger partial charge in [-0.2, -0.15) is 0 Å². The van der Waals surface area contributed by atoms with Gasteiger partial charge >= 0.3 is 5.97 Å². The summed E-state index contributed by atoms with van der Waals surface area (Å²) < 4.78 is 5.10. The summed E-state index contributed by atoms with van der Waals surface area (Å²) in [7, 11) is 0. The molecule has 7 heteroatoms. The Morgan fingerprint density at radius 2 is 1.93 bits per heavy atom. The zero-order valence-electron chi connectivity index (χ0n) is 17.3. The molecule has 6 nitrogen and oxygen atoms in total. The summed E-state index contributed by atoms with van der Waals surface area (Å²) >= 11 is 1.59. The number of aryl methyl sites for hydroxylation is 2. The smallest absolute Gasteiger partial charge is 0.307 e. The number of para-hydroxylation sites is 2. The van der Waals surface area contributed by atoms with Crippen LogP contribution in [-0.4, -0.2) is 36.7 Å². The van der Waals surface area contributed by atoms with Gasteiger partial charge in [-0.3, -0.25) is 14.4 Å². The number of benzene rings is 2. The molecule has 2 aromatic carbocycles. The van der Waals surface area contributed by atoms with E-state index in [1.165, 1.54) is 11.1 Å². The fourth-order valence-electron chi connectivity index (χ4n) is 3.18. The van der Waals surface area contributed by atoms with Gasteiger partial charge in [0.15, 0.2) is 6.61 Å². The molecule has 30 heavy (non-hydrogen) atoms. The van der Waals surface area contributed by atoms with Crippen LogP contribution >= 0.6 is 11.8 Å². The normalized spacial score (nSPS) is 13.4. The number of nitrogens with one attached hydrogen (secondary N) is 1. The fraction of sp³-hybridized carbons (Fsp3) is 0.348. The Kier molecular flexibility index (Phi) is 7.52. The molecule has 158 valence electrons. The highest BCUT2D eigenvalue weighted by molar-refractivity contribution is 7.99. The Balaban J connectivity index is 1.44. The monoisotopic (exact) mass is 426 g/mol. The Bertz CT molecular complexity index is 945. The summed E-state index contributed by atoms with van der Waals surface area (Å²) in [5.74, 6) is -0.207. The Hall–Kier alpha value is -2.80. The standard InChI is InChI=1S/C23H26N2O4S/c1-16-9-10-18(14-17(16)2)30-13-11-23(28)29-15-21(26)24-19-6-3-4-7-20(19)25-12-5-8-22(25)27/h3-4,6-7,9-10,14H,5,8,11-13,15H2,1-2H3,(H,24,26). The molecule has 1 saturated heterocycles. The Morgan fingerprint density at radius 1 is 1.13 bits per heavy atom. The van der Waals surface area contributed by atoms with Crippen LogP contribution in [0, 0.1) is 13.8 Å². The van der Waals surface area contributed by atoms with Crippen molar-refractivity contribution in [1.82, 2.24) is 0 Å². The first-order valence-electron chi connectivity index (χ1n) is 9.99. The second-order valence-corrected chi connectivity index (χ2v) is 8.39. The minimum absolute atomic E-state index is 0.0457. The van der Waals surface area contributed by atoms with Gasteiger partial charge in [0.2, 0.25) is 5.91 Å². The quantitative estimate of drug-likeness (QED) is 0.508. The number of nitrogens with zero attached hydrogens (tertiary/aromatic N) is 1. The van der Waals surface area contributed by atoms with Crippen molar-refractivity contribution in [2.75, 3.05) is 29.1 Å². The van der Waals surface area contributed by atoms with Crippen molar-refractivity contribution in [2.24, 2.45) is 0 Å². The highest BCUT2D eigenvalue weighted by Crippen LogP contribution is 2.29. The number of ether oxygens (including phenoxy) is 1. The predicted octanol–water partition coefficient (Wildman–Crippen LogP) is 4.09. The average Bonchev–Trinajstić information content (AvgIpc) is 3.15. The minimum atomic E-state index is -0.427. The number of rotatable bonds is 8. The first kappa shape index (κ1) is 21.9. The average molecular weight is 427 g/mol. The number of anilines is 2. The molecule has 0 spiro atoms. The van der Waals surface area contributed by atoms with E-state index in [2.05, 4.69) is 31.3 Å². The molecule has 0 radical (unpaired) electrons. The van der Waals surface area contributed by atoms with Gasteiger partial charge in [-0.25, -0.2) is 0 Å². The van der Waals surface area contributed by atoms with Crippen molar-refractivity contribution >= 4 is 40.9 Å². The van der Waals surface area contributed by atoms with Gasteiger partial charge in [-0.1, -0.05) is 18.2 Å². The summed E-state index contributed by atoms with van der Waals surface area (Å²) in [6.45, 7) is 4.41. The van der Waals surface area contributed by atoms with Crippen LogP contribution in [0.2, 0.25) is 0 Å². The number of carbonyl (C=O) groups excluding carboxylic acids is 3. The molecule has 1 heterocycles. The topological polar surface area (TPSA) is 75.7 Å². The molecule has 2 aromatic rings. The number of carbonyl (C=O) groups is 3. The molecular formula is C23H26N2O4S. The maximum absolute atomic E-state index is 12.2. The van der Waals surface area contributed by atoms with Crippen molar-refractivity contribution in [3.05, 3.63) is 53.6 Å². The molecule has 2 amide bonds. The third kappa shape index (κ3) is 5.86. The van der Waals surface area contributed by atoms with E-state index < -0.39 is 11.9 Å². The van der Waals surface area contributed by atoms with E-state index in [0.29, 0.717) is 30.1 Å². The van der Waals surface area contributed by atoms with Crippen molar-refractivity contribution in [3.63, 3.8) is 0 Å². The van der Waals surface area contributed by atoms with Crippen LogP contribution in [0.3, 0.4) is 0 Å². The van der Waals surface area contributed by atoms with E-state index in [-0.39, 0.29) is 18.9 Å². The molecule has 0 atom stereocenters. The van der Waals surface area contributed by atoms with E-state index in [4.69, 9.17) is 4.74 Å². The maximum atomic E-state index is 12.2. The lowest BCUT2D eigenvalue weighted by atomic mass is 10.1.